The molecule has 19 heavy (non-hydrogen) atoms. The van der Waals surface area contributed by atoms with Crippen LogP contribution in [-0.4, -0.2) is 17.6 Å². The van der Waals surface area contributed by atoms with Crippen LogP contribution in [0.2, 0.25) is 0 Å². The van der Waals surface area contributed by atoms with Crippen molar-refractivity contribution in [3.63, 3.8) is 0 Å². The molecular formula is C15H16BrN3. The molecule has 1 aliphatic heterocycles. The Labute approximate surface area is 121 Å². The van der Waals surface area contributed by atoms with Gasteiger partial charge in [-0.3, -0.25) is 0 Å². The third-order valence-electron chi connectivity index (χ3n) is 4.16. The van der Waals surface area contributed by atoms with Crippen LogP contribution in [0.25, 0.3) is 5.57 Å². The van der Waals surface area contributed by atoms with Crippen molar-refractivity contribution >= 4 is 21.5 Å². The average Bonchev–Trinajstić information content (AvgIpc) is 2.47. The highest BCUT2D eigenvalue weighted by Gasteiger charge is 2.28. The highest BCUT2D eigenvalue weighted by Crippen LogP contribution is 2.34. The van der Waals surface area contributed by atoms with Crippen LogP contribution in [0.5, 0.6) is 0 Å². The molecule has 1 aromatic heterocycles. The summed E-state index contributed by atoms with van der Waals surface area (Å²) in [6, 6.07) is 4.72. The lowest BCUT2D eigenvalue weighted by atomic mass is 9.78. The molecule has 0 amide bonds. The van der Waals surface area contributed by atoms with Gasteiger partial charge in [0, 0.05) is 12.2 Å². The number of nitrogens with zero attached hydrogens (tertiary/aromatic N) is 2. The fourth-order valence-corrected chi connectivity index (χ4v) is 3.40. The summed E-state index contributed by atoms with van der Waals surface area (Å²) in [6.45, 7) is 1.14. The molecule has 0 spiro atoms. The lowest BCUT2D eigenvalue weighted by Crippen LogP contribution is -2.42. The van der Waals surface area contributed by atoms with Crippen LogP contribution in [0.1, 0.15) is 36.8 Å². The molecule has 0 aromatic carbocycles. The second-order valence-electron chi connectivity index (χ2n) is 5.31. The molecule has 2 heterocycles. The number of aromatic nitrogens is 1. The molecule has 0 unspecified atom stereocenters. The minimum atomic E-state index is 0.600. The topological polar surface area (TPSA) is 48.7 Å². The Morgan fingerprint density at radius 3 is 3.21 bits per heavy atom. The summed E-state index contributed by atoms with van der Waals surface area (Å²) in [5, 5.41) is 12.7. The minimum absolute atomic E-state index is 0.600. The summed E-state index contributed by atoms with van der Waals surface area (Å²) < 4.78 is 0.629. The molecule has 1 saturated heterocycles. The highest BCUT2D eigenvalue weighted by molar-refractivity contribution is 9.10. The molecule has 3 nitrogen and oxygen atoms in total. The number of nitrogens with one attached hydrogen (secondary N) is 1. The van der Waals surface area contributed by atoms with E-state index in [0.29, 0.717) is 16.2 Å². The van der Waals surface area contributed by atoms with Crippen LogP contribution in [0.15, 0.2) is 22.9 Å². The van der Waals surface area contributed by atoms with Crippen molar-refractivity contribution < 1.29 is 0 Å². The number of hydrogen-bond donors (Lipinski definition) is 1. The van der Waals surface area contributed by atoms with Gasteiger partial charge in [-0.05, 0) is 71.3 Å². The van der Waals surface area contributed by atoms with Crippen molar-refractivity contribution in [3.05, 3.63) is 34.1 Å². The maximum Gasteiger partial charge on any atom is 0.123 e. The normalized spacial score (nSPS) is 26.2. The van der Waals surface area contributed by atoms with E-state index in [9.17, 15) is 0 Å². The van der Waals surface area contributed by atoms with E-state index in [1.807, 2.05) is 12.3 Å². The summed E-state index contributed by atoms with van der Waals surface area (Å²) >= 11 is 3.30. The number of rotatable bonds is 1. The number of fused-ring (bicyclic) bond motifs is 1. The first-order valence-electron chi connectivity index (χ1n) is 6.76. The molecule has 0 bridgehead atoms. The molecular weight excluding hydrogens is 302 g/mol. The molecule has 4 heteroatoms. The Balaban J connectivity index is 1.86. The highest BCUT2D eigenvalue weighted by atomic mass is 79.9. The first-order valence-corrected chi connectivity index (χ1v) is 7.55. The monoisotopic (exact) mass is 317 g/mol. The average molecular weight is 318 g/mol. The van der Waals surface area contributed by atoms with Gasteiger partial charge in [0.25, 0.3) is 0 Å². The quantitative estimate of drug-likeness (QED) is 0.809. The van der Waals surface area contributed by atoms with Crippen molar-refractivity contribution in [3.8, 4) is 6.07 Å². The molecule has 1 aliphatic carbocycles. The van der Waals surface area contributed by atoms with Crippen molar-refractivity contribution in [2.75, 3.05) is 6.54 Å². The van der Waals surface area contributed by atoms with Crippen molar-refractivity contribution in [2.24, 2.45) is 5.92 Å². The summed E-state index contributed by atoms with van der Waals surface area (Å²) in [5.41, 5.74) is 3.02. The standard InChI is InChI=1S/C15H16BrN3/c16-15-12(8-17)6-13(9-19-15)11-4-3-10-2-1-5-18-14(10)7-11/h4,6,9-10,14,18H,1-3,5,7H2/t10-,14+/m0/s1. The van der Waals surface area contributed by atoms with Gasteiger partial charge in [0.2, 0.25) is 0 Å². The zero-order chi connectivity index (χ0) is 13.2. The fraction of sp³-hybridized carbons (Fsp3) is 0.467. The SMILES string of the molecule is N#Cc1cc(C2=CC[C@@H]3CCCN[C@@H]3C2)cnc1Br. The van der Waals surface area contributed by atoms with Gasteiger partial charge in [0.05, 0.1) is 5.56 Å². The molecule has 0 radical (unpaired) electrons. The minimum Gasteiger partial charge on any atom is -0.313 e. The van der Waals surface area contributed by atoms with Gasteiger partial charge in [-0.2, -0.15) is 5.26 Å². The zero-order valence-electron chi connectivity index (χ0n) is 10.7. The fourth-order valence-electron chi connectivity index (χ4n) is 3.09. The van der Waals surface area contributed by atoms with Gasteiger partial charge in [0.1, 0.15) is 10.7 Å². The number of piperidine rings is 1. The van der Waals surface area contributed by atoms with Gasteiger partial charge >= 0.3 is 0 Å². The van der Waals surface area contributed by atoms with Crippen molar-refractivity contribution in [2.45, 2.75) is 31.7 Å². The van der Waals surface area contributed by atoms with Crippen molar-refractivity contribution in [1.82, 2.24) is 10.3 Å². The number of halogens is 1. The van der Waals surface area contributed by atoms with Crippen LogP contribution in [-0.2, 0) is 0 Å². The van der Waals surface area contributed by atoms with E-state index in [4.69, 9.17) is 5.26 Å². The molecule has 0 saturated carbocycles. The van der Waals surface area contributed by atoms with Gasteiger partial charge in [0.15, 0.2) is 0 Å². The number of allylic oxidation sites excluding steroid dienone is 1. The van der Waals surface area contributed by atoms with Crippen LogP contribution in [0, 0.1) is 17.2 Å². The predicted octanol–water partition coefficient (Wildman–Crippen LogP) is 3.26. The van der Waals surface area contributed by atoms with E-state index in [0.717, 1.165) is 30.9 Å². The Hall–Kier alpha value is -1.18. The van der Waals surface area contributed by atoms with Gasteiger partial charge in [-0.1, -0.05) is 6.08 Å². The van der Waals surface area contributed by atoms with E-state index in [-0.39, 0.29) is 0 Å². The largest absolute Gasteiger partial charge is 0.313 e. The summed E-state index contributed by atoms with van der Waals surface area (Å²) in [7, 11) is 0. The first kappa shape index (κ1) is 12.8. The second-order valence-corrected chi connectivity index (χ2v) is 6.06. The van der Waals surface area contributed by atoms with Crippen LogP contribution in [0.4, 0.5) is 0 Å². The number of pyridine rings is 1. The Morgan fingerprint density at radius 2 is 2.37 bits per heavy atom. The van der Waals surface area contributed by atoms with E-state index < -0.39 is 0 Å². The Bertz CT molecular complexity index is 559. The zero-order valence-corrected chi connectivity index (χ0v) is 12.3. The molecule has 98 valence electrons. The van der Waals surface area contributed by atoms with Crippen LogP contribution < -0.4 is 5.32 Å². The maximum absolute atomic E-state index is 9.08. The molecule has 2 atom stereocenters. The van der Waals surface area contributed by atoms with Crippen molar-refractivity contribution in [1.29, 1.82) is 5.26 Å². The third-order valence-corrected chi connectivity index (χ3v) is 4.80. The smallest absolute Gasteiger partial charge is 0.123 e. The number of hydrogen-bond acceptors (Lipinski definition) is 3. The van der Waals surface area contributed by atoms with E-state index in [2.05, 4.69) is 38.4 Å². The lowest BCUT2D eigenvalue weighted by Gasteiger charge is -2.36. The lowest BCUT2D eigenvalue weighted by molar-refractivity contribution is 0.278. The van der Waals surface area contributed by atoms with Crippen LogP contribution in [0.3, 0.4) is 0 Å². The molecule has 1 N–H and O–H groups in total. The predicted molar refractivity (Wildman–Crippen MR) is 78.4 cm³/mol. The van der Waals surface area contributed by atoms with Gasteiger partial charge in [-0.25, -0.2) is 4.98 Å². The summed E-state index contributed by atoms with van der Waals surface area (Å²) in [6.07, 6.45) is 9.02. The molecule has 1 fully saturated rings. The molecule has 3 rings (SSSR count). The number of nitriles is 1. The maximum atomic E-state index is 9.08. The second kappa shape index (κ2) is 5.44. The Kier molecular flexibility index (Phi) is 3.67. The third kappa shape index (κ3) is 2.58. The molecule has 2 aliphatic rings. The Morgan fingerprint density at radius 1 is 1.47 bits per heavy atom. The van der Waals surface area contributed by atoms with E-state index in [1.54, 1.807) is 0 Å². The van der Waals surface area contributed by atoms with Crippen LogP contribution >= 0.6 is 15.9 Å². The van der Waals surface area contributed by atoms with Gasteiger partial charge < -0.3 is 5.32 Å². The summed E-state index contributed by atoms with van der Waals surface area (Å²) in [4.78, 5) is 4.26. The van der Waals surface area contributed by atoms with Gasteiger partial charge in [-0.15, -0.1) is 0 Å². The first-order chi connectivity index (χ1) is 9.28. The molecule has 1 aromatic rings. The van der Waals surface area contributed by atoms with E-state index >= 15 is 0 Å². The van der Waals surface area contributed by atoms with E-state index in [1.165, 1.54) is 18.4 Å². The summed E-state index contributed by atoms with van der Waals surface area (Å²) in [5.74, 6) is 0.788.